The lowest BCUT2D eigenvalue weighted by atomic mass is 9.73. The predicted molar refractivity (Wildman–Crippen MR) is 148 cm³/mol. The van der Waals surface area contributed by atoms with Gasteiger partial charge in [-0.05, 0) is 75.9 Å². The molecule has 0 radical (unpaired) electrons. The van der Waals surface area contributed by atoms with E-state index in [1.54, 1.807) is 20.8 Å². The van der Waals surface area contributed by atoms with Crippen molar-refractivity contribution in [3.63, 3.8) is 0 Å². The van der Waals surface area contributed by atoms with E-state index in [9.17, 15) is 15.3 Å². The molecule has 0 aromatic heterocycles. The van der Waals surface area contributed by atoms with Gasteiger partial charge in [-0.15, -0.1) is 5.12 Å². The molecule has 0 amide bonds. The molecule has 3 unspecified atom stereocenters. The lowest BCUT2D eigenvalue weighted by Crippen LogP contribution is -2.60. The first kappa shape index (κ1) is 26.9. The first-order chi connectivity index (χ1) is 16.8. The van der Waals surface area contributed by atoms with E-state index in [1.807, 2.05) is 31.2 Å². The van der Waals surface area contributed by atoms with E-state index >= 15 is 0 Å². The number of aliphatic hydroxyl groups excluding tert-OH is 1. The van der Waals surface area contributed by atoms with Crippen LogP contribution in [0, 0.1) is 5.92 Å². The van der Waals surface area contributed by atoms with Gasteiger partial charge in [0.1, 0.15) is 0 Å². The Hall–Kier alpha value is -2.10. The van der Waals surface area contributed by atoms with Crippen molar-refractivity contribution in [2.24, 2.45) is 5.92 Å². The second-order valence-corrected chi connectivity index (χ2v) is 11.8. The molecule has 8 heteroatoms. The van der Waals surface area contributed by atoms with Crippen molar-refractivity contribution < 1.29 is 15.3 Å². The normalized spacial score (nSPS) is 22.9. The number of rotatable bonds is 7. The zero-order chi connectivity index (χ0) is 26.4. The van der Waals surface area contributed by atoms with Gasteiger partial charge in [-0.2, -0.15) is 0 Å². The van der Waals surface area contributed by atoms with Crippen LogP contribution in [0.2, 0.25) is 0 Å². The summed E-state index contributed by atoms with van der Waals surface area (Å²) in [4.78, 5) is 0. The summed E-state index contributed by atoms with van der Waals surface area (Å²) >= 11 is 3.68. The van der Waals surface area contributed by atoms with Crippen LogP contribution in [-0.4, -0.2) is 56.3 Å². The molecular weight excluding hydrogens is 520 g/mol. The topological polar surface area (TPSA) is 91.2 Å². The van der Waals surface area contributed by atoms with E-state index in [-0.39, 0.29) is 24.6 Å². The Labute approximate surface area is 222 Å². The number of halogens is 1. The van der Waals surface area contributed by atoms with Crippen LogP contribution in [0.3, 0.4) is 0 Å². The van der Waals surface area contributed by atoms with Gasteiger partial charge in [0.05, 0.1) is 34.7 Å². The zero-order valence-electron chi connectivity index (χ0n) is 22.0. The molecule has 7 nitrogen and oxygen atoms in total. The molecule has 0 saturated heterocycles. The van der Waals surface area contributed by atoms with Crippen LogP contribution >= 0.6 is 15.9 Å². The van der Waals surface area contributed by atoms with E-state index in [0.29, 0.717) is 12.8 Å². The van der Waals surface area contributed by atoms with Crippen LogP contribution in [0.4, 0.5) is 5.69 Å². The summed E-state index contributed by atoms with van der Waals surface area (Å²) in [7, 11) is 1.99. The van der Waals surface area contributed by atoms with Gasteiger partial charge in [-0.3, -0.25) is 5.01 Å². The van der Waals surface area contributed by atoms with Crippen molar-refractivity contribution in [3.05, 3.63) is 69.3 Å². The van der Waals surface area contributed by atoms with Crippen LogP contribution < -0.4 is 10.7 Å². The summed E-state index contributed by atoms with van der Waals surface area (Å²) in [5.74, 6) is -0.281. The maximum atomic E-state index is 11.6. The number of benzene rings is 2. The molecule has 0 saturated carbocycles. The lowest BCUT2D eigenvalue weighted by molar-refractivity contribution is -0.171. The fraction of sp³-hybridized carbons (Fsp3) is 0.500. The first-order valence-corrected chi connectivity index (χ1v) is 13.4. The van der Waals surface area contributed by atoms with Gasteiger partial charge in [0, 0.05) is 35.3 Å². The Kier molecular flexibility index (Phi) is 7.48. The zero-order valence-corrected chi connectivity index (χ0v) is 23.6. The third-order valence-electron chi connectivity index (χ3n) is 8.07. The Balaban J connectivity index is 1.82. The molecule has 0 bridgehead atoms. The van der Waals surface area contributed by atoms with E-state index in [2.05, 4.69) is 68.9 Å². The third-order valence-corrected chi connectivity index (χ3v) is 8.56. The number of nitrogens with one attached hydrogen (secondary N) is 2. The van der Waals surface area contributed by atoms with Crippen LogP contribution in [-0.2, 0) is 6.42 Å². The highest BCUT2D eigenvalue weighted by Crippen LogP contribution is 2.46. The summed E-state index contributed by atoms with van der Waals surface area (Å²) in [5.41, 5.74) is 7.30. The van der Waals surface area contributed by atoms with Crippen molar-refractivity contribution in [3.8, 4) is 0 Å². The second kappa shape index (κ2) is 9.99. The standard InChI is InChI=1S/C28H39BrN4O3/c1-17(28(5,36)27(3,4)35)25-16-24(30-21-10-7-19(8-11-21)13-14-34)23-15-20(29)9-12-22(23)26-18(2)31-32(6)33(25)26/h7-12,15,17,24-25,30-31,34-36H,13-14,16H2,1-6H3/t17-,24?,25?,28?/m0/s1. The molecule has 2 aliphatic rings. The minimum Gasteiger partial charge on any atom is -0.396 e. The van der Waals surface area contributed by atoms with Crippen molar-refractivity contribution in [1.82, 2.24) is 15.6 Å². The SMILES string of the molecule is CC1=C2c3ccc(Br)cc3C(Nc3ccc(CCO)cc3)CC([C@H](C)C(C)(O)C(C)(C)O)N2N(C)N1. The molecule has 4 rings (SSSR count). The molecule has 2 aromatic carbocycles. The number of hydrogen-bond acceptors (Lipinski definition) is 7. The average molecular weight is 560 g/mol. The maximum Gasteiger partial charge on any atom is 0.0945 e. The van der Waals surface area contributed by atoms with Crippen LogP contribution in [0.25, 0.3) is 5.70 Å². The summed E-state index contributed by atoms with van der Waals surface area (Å²) < 4.78 is 1.01. The van der Waals surface area contributed by atoms with Crippen molar-refractivity contribution >= 4 is 27.3 Å². The Morgan fingerprint density at radius 1 is 1.14 bits per heavy atom. The molecular formula is C28H39BrN4O3. The third kappa shape index (κ3) is 4.89. The van der Waals surface area contributed by atoms with Crippen LogP contribution in [0.5, 0.6) is 0 Å². The Morgan fingerprint density at radius 2 is 1.81 bits per heavy atom. The van der Waals surface area contributed by atoms with Crippen LogP contribution in [0.15, 0.2) is 52.6 Å². The smallest absolute Gasteiger partial charge is 0.0945 e. The fourth-order valence-electron chi connectivity index (χ4n) is 5.47. The second-order valence-electron chi connectivity index (χ2n) is 10.9. The predicted octanol–water partition coefficient (Wildman–Crippen LogP) is 4.42. The molecule has 4 atom stereocenters. The molecule has 2 aliphatic heterocycles. The molecule has 5 N–H and O–H groups in total. The van der Waals surface area contributed by atoms with E-state index in [0.717, 1.165) is 38.2 Å². The highest BCUT2D eigenvalue weighted by molar-refractivity contribution is 9.10. The molecule has 36 heavy (non-hydrogen) atoms. The average Bonchev–Trinajstić information content (AvgIpc) is 3.01. The summed E-state index contributed by atoms with van der Waals surface area (Å²) in [6, 6.07) is 14.4. The fourth-order valence-corrected chi connectivity index (χ4v) is 5.85. The van der Waals surface area contributed by atoms with Crippen molar-refractivity contribution in [2.45, 2.75) is 70.7 Å². The van der Waals surface area contributed by atoms with Gasteiger partial charge in [-0.1, -0.05) is 41.1 Å². The van der Waals surface area contributed by atoms with E-state index in [4.69, 9.17) is 0 Å². The molecule has 0 fully saturated rings. The minimum absolute atomic E-state index is 0.0504. The molecule has 0 spiro atoms. The summed E-state index contributed by atoms with van der Waals surface area (Å²) in [6.07, 6.45) is 1.32. The van der Waals surface area contributed by atoms with Crippen molar-refractivity contribution in [2.75, 3.05) is 19.0 Å². The van der Waals surface area contributed by atoms with Gasteiger partial charge < -0.3 is 26.1 Å². The Morgan fingerprint density at radius 3 is 2.42 bits per heavy atom. The van der Waals surface area contributed by atoms with Crippen LogP contribution in [0.1, 0.15) is 63.8 Å². The number of hydrogen-bond donors (Lipinski definition) is 5. The number of fused-ring (bicyclic) bond motifs is 3. The summed E-state index contributed by atoms with van der Waals surface area (Å²) in [5, 5.41) is 39.7. The van der Waals surface area contributed by atoms with Gasteiger partial charge in [0.15, 0.2) is 0 Å². The molecule has 2 aromatic rings. The maximum absolute atomic E-state index is 11.6. The number of aliphatic hydroxyl groups is 3. The highest BCUT2D eigenvalue weighted by atomic mass is 79.9. The van der Waals surface area contributed by atoms with Crippen molar-refractivity contribution in [1.29, 1.82) is 0 Å². The molecule has 2 heterocycles. The first-order valence-electron chi connectivity index (χ1n) is 12.6. The Bertz CT molecular complexity index is 1130. The lowest BCUT2D eigenvalue weighted by Gasteiger charge is -2.48. The summed E-state index contributed by atoms with van der Waals surface area (Å²) in [6.45, 7) is 9.29. The molecule has 196 valence electrons. The monoisotopic (exact) mass is 558 g/mol. The van der Waals surface area contributed by atoms with Gasteiger partial charge >= 0.3 is 0 Å². The minimum atomic E-state index is -1.34. The number of nitrogens with zero attached hydrogens (tertiary/aromatic N) is 2. The van der Waals surface area contributed by atoms with E-state index < -0.39 is 11.2 Å². The molecule has 0 aliphatic carbocycles. The van der Waals surface area contributed by atoms with Gasteiger partial charge in [0.25, 0.3) is 0 Å². The quantitative estimate of drug-likeness (QED) is 0.343. The highest BCUT2D eigenvalue weighted by Gasteiger charge is 2.50. The van der Waals surface area contributed by atoms with Gasteiger partial charge in [0.2, 0.25) is 0 Å². The number of allylic oxidation sites excluding steroid dienone is 1. The van der Waals surface area contributed by atoms with Gasteiger partial charge in [-0.25, -0.2) is 0 Å². The largest absolute Gasteiger partial charge is 0.396 e. The number of anilines is 1. The van der Waals surface area contributed by atoms with E-state index in [1.165, 1.54) is 0 Å². The number of hydrazine groups is 2.